The van der Waals surface area contributed by atoms with E-state index in [4.69, 9.17) is 0 Å². The standard InChI is InChI=1S/C17H34N4OS.HI/c1-6-18-16(20-11-10-19-15(22)17(3,4)5)21-13-8-9-14(12-13)23-7-2;/h13-14H,6-12H2,1-5H3,(H,19,22)(H2,18,20,21);1H. The largest absolute Gasteiger partial charge is 0.357 e. The van der Waals surface area contributed by atoms with Crippen LogP contribution in [0.4, 0.5) is 0 Å². The molecule has 0 radical (unpaired) electrons. The molecular formula is C17H35IN4OS. The van der Waals surface area contributed by atoms with Gasteiger partial charge in [-0.15, -0.1) is 24.0 Å². The van der Waals surface area contributed by atoms with Crippen LogP contribution in [-0.2, 0) is 4.79 Å². The molecule has 0 saturated heterocycles. The Morgan fingerprint density at radius 1 is 1.21 bits per heavy atom. The molecule has 5 nitrogen and oxygen atoms in total. The van der Waals surface area contributed by atoms with Crippen LogP contribution in [0.25, 0.3) is 0 Å². The van der Waals surface area contributed by atoms with Crippen LogP contribution in [0.2, 0.25) is 0 Å². The zero-order valence-corrected chi connectivity index (χ0v) is 18.9. The van der Waals surface area contributed by atoms with Crippen LogP contribution in [0.3, 0.4) is 0 Å². The fourth-order valence-electron chi connectivity index (χ4n) is 2.57. The van der Waals surface area contributed by atoms with Crippen molar-refractivity contribution in [3.63, 3.8) is 0 Å². The van der Waals surface area contributed by atoms with Gasteiger partial charge in [0.15, 0.2) is 5.96 Å². The molecule has 1 amide bonds. The first-order chi connectivity index (χ1) is 10.9. The number of carbonyl (C=O) groups is 1. The number of rotatable bonds is 7. The topological polar surface area (TPSA) is 65.5 Å². The van der Waals surface area contributed by atoms with Crippen molar-refractivity contribution in [2.75, 3.05) is 25.4 Å². The number of hydrogen-bond donors (Lipinski definition) is 3. The normalized spacial score (nSPS) is 21.1. The van der Waals surface area contributed by atoms with Crippen LogP contribution in [0.15, 0.2) is 4.99 Å². The minimum Gasteiger partial charge on any atom is -0.357 e. The molecule has 0 aromatic carbocycles. The zero-order chi connectivity index (χ0) is 17.3. The van der Waals surface area contributed by atoms with Gasteiger partial charge in [0.05, 0.1) is 6.54 Å². The second kappa shape index (κ2) is 12.2. The van der Waals surface area contributed by atoms with E-state index in [9.17, 15) is 4.79 Å². The van der Waals surface area contributed by atoms with Gasteiger partial charge in [-0.1, -0.05) is 27.7 Å². The summed E-state index contributed by atoms with van der Waals surface area (Å²) < 4.78 is 0. The number of nitrogens with one attached hydrogen (secondary N) is 3. The number of thioether (sulfide) groups is 1. The molecule has 0 spiro atoms. The molecule has 2 unspecified atom stereocenters. The highest BCUT2D eigenvalue weighted by atomic mass is 127. The fourth-order valence-corrected chi connectivity index (χ4v) is 3.72. The maximum Gasteiger partial charge on any atom is 0.225 e. The van der Waals surface area contributed by atoms with Gasteiger partial charge in [-0.2, -0.15) is 11.8 Å². The SMILES string of the molecule is CCNC(=NCCNC(=O)C(C)(C)C)NC1CCC(SCC)C1.I. The van der Waals surface area contributed by atoms with Gasteiger partial charge in [-0.25, -0.2) is 0 Å². The van der Waals surface area contributed by atoms with Crippen LogP contribution in [0, 0.1) is 5.41 Å². The zero-order valence-electron chi connectivity index (χ0n) is 15.8. The summed E-state index contributed by atoms with van der Waals surface area (Å²) in [5, 5.41) is 10.5. The van der Waals surface area contributed by atoms with Crippen LogP contribution < -0.4 is 16.0 Å². The molecule has 0 heterocycles. The number of hydrogen-bond acceptors (Lipinski definition) is 3. The van der Waals surface area contributed by atoms with E-state index in [-0.39, 0.29) is 35.3 Å². The van der Waals surface area contributed by atoms with Crippen molar-refractivity contribution in [1.29, 1.82) is 0 Å². The van der Waals surface area contributed by atoms with Crippen LogP contribution in [-0.4, -0.2) is 48.5 Å². The van der Waals surface area contributed by atoms with Gasteiger partial charge in [0.1, 0.15) is 0 Å². The first-order valence-corrected chi connectivity index (χ1v) is 9.86. The second-order valence-electron chi connectivity index (χ2n) is 7.00. The van der Waals surface area contributed by atoms with Crippen molar-refractivity contribution in [3.05, 3.63) is 0 Å². The van der Waals surface area contributed by atoms with E-state index in [1.54, 1.807) is 0 Å². The Bertz CT molecular complexity index is 399. The predicted octanol–water partition coefficient (Wildman–Crippen LogP) is 3.00. The predicted molar refractivity (Wildman–Crippen MR) is 117 cm³/mol. The Morgan fingerprint density at radius 3 is 2.50 bits per heavy atom. The smallest absolute Gasteiger partial charge is 0.225 e. The molecule has 0 bridgehead atoms. The molecule has 0 aromatic rings. The van der Waals surface area contributed by atoms with Gasteiger partial charge < -0.3 is 16.0 Å². The summed E-state index contributed by atoms with van der Waals surface area (Å²) in [7, 11) is 0. The number of nitrogens with zero attached hydrogens (tertiary/aromatic N) is 1. The summed E-state index contributed by atoms with van der Waals surface area (Å²) >= 11 is 2.06. The van der Waals surface area contributed by atoms with Crippen molar-refractivity contribution < 1.29 is 4.79 Å². The lowest BCUT2D eigenvalue weighted by atomic mass is 9.96. The quantitative estimate of drug-likeness (QED) is 0.232. The van der Waals surface area contributed by atoms with Crippen LogP contribution in [0.1, 0.15) is 53.9 Å². The number of carbonyl (C=O) groups excluding carboxylic acids is 1. The lowest BCUT2D eigenvalue weighted by Gasteiger charge is -2.18. The van der Waals surface area contributed by atoms with E-state index in [0.29, 0.717) is 19.1 Å². The van der Waals surface area contributed by atoms with Gasteiger partial charge >= 0.3 is 0 Å². The third-order valence-corrected chi connectivity index (χ3v) is 5.05. The summed E-state index contributed by atoms with van der Waals surface area (Å²) in [6.45, 7) is 12.1. The van der Waals surface area contributed by atoms with Crippen LogP contribution >= 0.6 is 35.7 Å². The molecule has 1 saturated carbocycles. The minimum atomic E-state index is -0.345. The molecule has 0 aromatic heterocycles. The van der Waals surface area contributed by atoms with E-state index < -0.39 is 0 Å². The Morgan fingerprint density at radius 2 is 1.92 bits per heavy atom. The molecular weight excluding hydrogens is 435 g/mol. The summed E-state index contributed by atoms with van der Waals surface area (Å²) in [5.41, 5.74) is -0.345. The maximum atomic E-state index is 11.8. The molecule has 142 valence electrons. The number of amides is 1. The lowest BCUT2D eigenvalue weighted by molar-refractivity contribution is -0.128. The molecule has 7 heteroatoms. The third-order valence-electron chi connectivity index (χ3n) is 3.82. The molecule has 3 N–H and O–H groups in total. The van der Waals surface area contributed by atoms with Crippen molar-refractivity contribution in [3.8, 4) is 0 Å². The van der Waals surface area contributed by atoms with Gasteiger partial charge in [0.2, 0.25) is 5.91 Å². The Hall–Kier alpha value is -0.180. The maximum absolute atomic E-state index is 11.8. The van der Waals surface area contributed by atoms with E-state index >= 15 is 0 Å². The first-order valence-electron chi connectivity index (χ1n) is 8.81. The monoisotopic (exact) mass is 470 g/mol. The molecule has 24 heavy (non-hydrogen) atoms. The van der Waals surface area contributed by atoms with Gasteiger partial charge in [0.25, 0.3) is 0 Å². The van der Waals surface area contributed by atoms with Gasteiger partial charge in [0, 0.05) is 29.8 Å². The van der Waals surface area contributed by atoms with E-state index in [1.165, 1.54) is 25.0 Å². The average molecular weight is 470 g/mol. The molecule has 1 fully saturated rings. The number of halogens is 1. The highest BCUT2D eigenvalue weighted by molar-refractivity contribution is 14.0. The molecule has 2 atom stereocenters. The Balaban J connectivity index is 0.00000529. The van der Waals surface area contributed by atoms with Gasteiger partial charge in [-0.05, 0) is 31.9 Å². The summed E-state index contributed by atoms with van der Waals surface area (Å²) in [4.78, 5) is 16.4. The Labute approximate surface area is 169 Å². The number of guanidine groups is 1. The third kappa shape index (κ3) is 9.34. The highest BCUT2D eigenvalue weighted by Gasteiger charge is 2.25. The van der Waals surface area contributed by atoms with Crippen molar-refractivity contribution >= 4 is 47.6 Å². The lowest BCUT2D eigenvalue weighted by Crippen LogP contribution is -2.43. The van der Waals surface area contributed by atoms with E-state index in [0.717, 1.165) is 17.8 Å². The first kappa shape index (κ1) is 23.8. The molecule has 1 aliphatic carbocycles. The van der Waals surface area contributed by atoms with Crippen LogP contribution in [0.5, 0.6) is 0 Å². The van der Waals surface area contributed by atoms with Gasteiger partial charge in [-0.3, -0.25) is 9.79 Å². The van der Waals surface area contributed by atoms with Crippen molar-refractivity contribution in [2.24, 2.45) is 10.4 Å². The highest BCUT2D eigenvalue weighted by Crippen LogP contribution is 2.29. The molecule has 1 rings (SSSR count). The fraction of sp³-hybridized carbons (Fsp3) is 0.882. The average Bonchev–Trinajstić information content (AvgIpc) is 2.90. The van der Waals surface area contributed by atoms with Crippen molar-refractivity contribution in [1.82, 2.24) is 16.0 Å². The number of aliphatic imine (C=N–C) groups is 1. The summed E-state index contributed by atoms with van der Waals surface area (Å²) in [6.07, 6.45) is 3.71. The van der Waals surface area contributed by atoms with Crippen molar-refractivity contribution in [2.45, 2.75) is 65.2 Å². The molecule has 0 aliphatic heterocycles. The Kier molecular flexibility index (Phi) is 12.1. The van der Waals surface area contributed by atoms with E-state index in [1.807, 2.05) is 20.8 Å². The molecule has 1 aliphatic rings. The summed E-state index contributed by atoms with van der Waals surface area (Å²) in [6, 6.07) is 0.515. The summed E-state index contributed by atoms with van der Waals surface area (Å²) in [5.74, 6) is 2.13. The second-order valence-corrected chi connectivity index (χ2v) is 8.58. The minimum absolute atomic E-state index is 0. The van der Waals surface area contributed by atoms with E-state index in [2.05, 4.69) is 46.6 Å².